The van der Waals surface area contributed by atoms with E-state index in [1.807, 2.05) is 13.0 Å². The van der Waals surface area contributed by atoms with Gasteiger partial charge in [0.15, 0.2) is 0 Å². The van der Waals surface area contributed by atoms with Crippen molar-refractivity contribution in [1.29, 1.82) is 0 Å². The van der Waals surface area contributed by atoms with E-state index in [1.54, 1.807) is 4.52 Å². The van der Waals surface area contributed by atoms with Crippen LogP contribution in [0.3, 0.4) is 0 Å². The summed E-state index contributed by atoms with van der Waals surface area (Å²) in [7, 11) is 0. The molecule has 0 aliphatic carbocycles. The lowest BCUT2D eigenvalue weighted by molar-refractivity contribution is 0.478. The fourth-order valence-corrected chi connectivity index (χ4v) is 2.22. The Morgan fingerprint density at radius 3 is 3.29 bits per heavy atom. The molecular weight excluding hydrogens is 216 g/mol. The van der Waals surface area contributed by atoms with E-state index in [0.29, 0.717) is 11.8 Å². The summed E-state index contributed by atoms with van der Waals surface area (Å²) in [4.78, 5) is 8.44. The number of fused-ring (bicyclic) bond motifs is 1. The average Bonchev–Trinajstić information content (AvgIpc) is 2.78. The van der Waals surface area contributed by atoms with Gasteiger partial charge in [-0.15, -0.1) is 0 Å². The normalized spacial score (nSPS) is 20.6. The molecule has 1 fully saturated rings. The molecule has 6 heteroatoms. The Kier molecular flexibility index (Phi) is 2.64. The van der Waals surface area contributed by atoms with Crippen molar-refractivity contribution in [2.45, 2.75) is 25.8 Å². The van der Waals surface area contributed by atoms with Gasteiger partial charge in [0.2, 0.25) is 0 Å². The van der Waals surface area contributed by atoms with Gasteiger partial charge in [-0.05, 0) is 26.3 Å². The van der Waals surface area contributed by atoms with Gasteiger partial charge in [0, 0.05) is 24.3 Å². The Hall–Kier alpha value is -1.69. The first kappa shape index (κ1) is 10.5. The molecule has 2 N–H and O–H groups in total. The van der Waals surface area contributed by atoms with Crippen LogP contribution in [0, 0.1) is 6.92 Å². The molecule has 0 saturated carbocycles. The zero-order chi connectivity index (χ0) is 11.7. The minimum absolute atomic E-state index is 0.456. The van der Waals surface area contributed by atoms with Crippen molar-refractivity contribution in [3.63, 3.8) is 0 Å². The minimum Gasteiger partial charge on any atom is -0.366 e. The number of aromatic nitrogens is 4. The predicted octanol–water partition coefficient (Wildman–Crippen LogP) is 0.597. The summed E-state index contributed by atoms with van der Waals surface area (Å²) in [5, 5.41) is 11.1. The lowest BCUT2D eigenvalue weighted by atomic mass is 10.1. The Labute approximate surface area is 99.5 Å². The van der Waals surface area contributed by atoms with Gasteiger partial charge in [-0.3, -0.25) is 0 Å². The summed E-state index contributed by atoms with van der Waals surface area (Å²) in [5.41, 5.74) is 0.955. The van der Waals surface area contributed by atoms with Crippen LogP contribution in [0.25, 0.3) is 5.78 Å². The van der Waals surface area contributed by atoms with Crippen LogP contribution in [0.15, 0.2) is 12.4 Å². The van der Waals surface area contributed by atoms with Crippen molar-refractivity contribution in [2.75, 3.05) is 18.4 Å². The first-order valence-electron chi connectivity index (χ1n) is 5.97. The molecule has 3 rings (SSSR count). The quantitative estimate of drug-likeness (QED) is 0.793. The fraction of sp³-hybridized carbons (Fsp3) is 0.545. The third-order valence-corrected chi connectivity index (χ3v) is 3.03. The van der Waals surface area contributed by atoms with Gasteiger partial charge < -0.3 is 10.6 Å². The van der Waals surface area contributed by atoms with Crippen LogP contribution in [0.4, 0.5) is 5.82 Å². The number of nitrogens with one attached hydrogen (secondary N) is 2. The van der Waals surface area contributed by atoms with Crippen molar-refractivity contribution in [3.05, 3.63) is 18.1 Å². The van der Waals surface area contributed by atoms with E-state index in [4.69, 9.17) is 0 Å². The van der Waals surface area contributed by atoms with E-state index < -0.39 is 0 Å². The third-order valence-electron chi connectivity index (χ3n) is 3.03. The lowest BCUT2D eigenvalue weighted by Gasteiger charge is -2.24. The van der Waals surface area contributed by atoms with E-state index in [-0.39, 0.29) is 0 Å². The van der Waals surface area contributed by atoms with Crippen LogP contribution in [-0.4, -0.2) is 38.7 Å². The molecule has 0 radical (unpaired) electrons. The van der Waals surface area contributed by atoms with E-state index in [9.17, 15) is 0 Å². The number of hydrogen-bond acceptors (Lipinski definition) is 5. The molecule has 0 spiro atoms. The third kappa shape index (κ3) is 2.08. The Morgan fingerprint density at radius 2 is 2.47 bits per heavy atom. The van der Waals surface area contributed by atoms with Gasteiger partial charge in [0.25, 0.3) is 5.78 Å². The number of anilines is 1. The molecule has 90 valence electrons. The summed E-state index contributed by atoms with van der Waals surface area (Å²) < 4.78 is 1.75. The Balaban J connectivity index is 1.90. The Morgan fingerprint density at radius 1 is 1.53 bits per heavy atom. The van der Waals surface area contributed by atoms with E-state index in [0.717, 1.165) is 24.6 Å². The maximum Gasteiger partial charge on any atom is 0.254 e. The molecule has 0 amide bonds. The SMILES string of the molecule is Cc1cc(NC2CCCNC2)n2ncnc2n1. The van der Waals surface area contributed by atoms with Crippen molar-refractivity contribution in [2.24, 2.45) is 0 Å². The summed E-state index contributed by atoms with van der Waals surface area (Å²) in [5.74, 6) is 1.62. The minimum atomic E-state index is 0.456. The smallest absolute Gasteiger partial charge is 0.254 e. The molecule has 17 heavy (non-hydrogen) atoms. The summed E-state index contributed by atoms with van der Waals surface area (Å²) in [6.45, 7) is 4.09. The van der Waals surface area contributed by atoms with Gasteiger partial charge in [-0.25, -0.2) is 4.98 Å². The number of piperidine rings is 1. The van der Waals surface area contributed by atoms with Crippen LogP contribution in [0.1, 0.15) is 18.5 Å². The van der Waals surface area contributed by atoms with Gasteiger partial charge in [0.05, 0.1) is 0 Å². The van der Waals surface area contributed by atoms with Crippen LogP contribution in [0.2, 0.25) is 0 Å². The highest BCUT2D eigenvalue weighted by molar-refractivity contribution is 5.45. The highest BCUT2D eigenvalue weighted by Crippen LogP contribution is 2.14. The zero-order valence-electron chi connectivity index (χ0n) is 9.85. The van der Waals surface area contributed by atoms with Gasteiger partial charge in [-0.2, -0.15) is 14.6 Å². The van der Waals surface area contributed by atoms with Crippen LogP contribution < -0.4 is 10.6 Å². The molecule has 3 heterocycles. The summed E-state index contributed by atoms with van der Waals surface area (Å²) in [6.07, 6.45) is 3.93. The highest BCUT2D eigenvalue weighted by Gasteiger charge is 2.14. The van der Waals surface area contributed by atoms with Gasteiger partial charge in [0.1, 0.15) is 12.1 Å². The molecule has 0 aromatic carbocycles. The van der Waals surface area contributed by atoms with Gasteiger partial charge >= 0.3 is 0 Å². The fourth-order valence-electron chi connectivity index (χ4n) is 2.22. The van der Waals surface area contributed by atoms with Crippen molar-refractivity contribution < 1.29 is 0 Å². The highest BCUT2D eigenvalue weighted by atomic mass is 15.4. The Bertz CT molecular complexity index is 514. The maximum absolute atomic E-state index is 4.32. The number of aryl methyl sites for hydroxylation is 1. The van der Waals surface area contributed by atoms with Crippen molar-refractivity contribution in [3.8, 4) is 0 Å². The van der Waals surface area contributed by atoms with E-state index in [1.165, 1.54) is 19.2 Å². The topological polar surface area (TPSA) is 67.1 Å². The molecule has 1 saturated heterocycles. The van der Waals surface area contributed by atoms with Crippen molar-refractivity contribution in [1.82, 2.24) is 24.9 Å². The molecule has 1 aliphatic rings. The number of nitrogens with zero attached hydrogens (tertiary/aromatic N) is 4. The molecule has 0 bridgehead atoms. The lowest BCUT2D eigenvalue weighted by Crippen LogP contribution is -2.38. The summed E-state index contributed by atoms with van der Waals surface area (Å²) in [6, 6.07) is 2.47. The van der Waals surface area contributed by atoms with Crippen LogP contribution in [-0.2, 0) is 0 Å². The molecule has 1 atom stereocenters. The number of rotatable bonds is 2. The molecule has 1 unspecified atom stereocenters. The standard InChI is InChI=1S/C11H16N6/c1-8-5-10(16-9-3-2-4-12-6-9)17-11(15-8)13-7-14-17/h5,7,9,12,16H,2-4,6H2,1H3. The number of hydrogen-bond donors (Lipinski definition) is 2. The van der Waals surface area contributed by atoms with E-state index >= 15 is 0 Å². The zero-order valence-corrected chi connectivity index (χ0v) is 9.85. The van der Waals surface area contributed by atoms with Crippen LogP contribution in [0.5, 0.6) is 0 Å². The molecular formula is C11H16N6. The first-order chi connectivity index (χ1) is 8.33. The maximum atomic E-state index is 4.32. The van der Waals surface area contributed by atoms with Gasteiger partial charge in [-0.1, -0.05) is 0 Å². The first-order valence-corrected chi connectivity index (χ1v) is 5.97. The monoisotopic (exact) mass is 232 g/mol. The predicted molar refractivity (Wildman–Crippen MR) is 65.0 cm³/mol. The molecule has 6 nitrogen and oxygen atoms in total. The second-order valence-electron chi connectivity index (χ2n) is 4.44. The van der Waals surface area contributed by atoms with Crippen LogP contribution >= 0.6 is 0 Å². The molecule has 2 aromatic heterocycles. The second kappa shape index (κ2) is 4.29. The molecule has 1 aliphatic heterocycles. The molecule has 2 aromatic rings. The average molecular weight is 232 g/mol. The van der Waals surface area contributed by atoms with E-state index in [2.05, 4.69) is 25.7 Å². The second-order valence-corrected chi connectivity index (χ2v) is 4.44. The summed E-state index contributed by atoms with van der Waals surface area (Å²) >= 11 is 0. The van der Waals surface area contributed by atoms with Crippen molar-refractivity contribution >= 4 is 11.6 Å². The largest absolute Gasteiger partial charge is 0.366 e.